The number of benzene rings is 2. The molecule has 2 aromatic carbocycles. The first-order valence-corrected chi connectivity index (χ1v) is 8.43. The third kappa shape index (κ3) is 4.36. The molecule has 126 valence electrons. The number of rotatable bonds is 7. The Labute approximate surface area is 142 Å². The molecule has 4 nitrogen and oxygen atoms in total. The van der Waals surface area contributed by atoms with Crippen LogP contribution in [0.1, 0.15) is 23.1 Å². The van der Waals surface area contributed by atoms with E-state index in [0.29, 0.717) is 19.3 Å². The van der Waals surface area contributed by atoms with Crippen LogP contribution in [0.2, 0.25) is 0 Å². The Morgan fingerprint density at radius 2 is 2.00 bits per heavy atom. The first kappa shape index (κ1) is 16.5. The fraction of sp³-hybridized carbons (Fsp3) is 0.350. The molecule has 0 fully saturated rings. The van der Waals surface area contributed by atoms with Gasteiger partial charge in [0.25, 0.3) is 0 Å². The van der Waals surface area contributed by atoms with Crippen molar-refractivity contribution in [3.05, 3.63) is 65.2 Å². The highest BCUT2D eigenvalue weighted by Crippen LogP contribution is 2.26. The minimum Gasteiger partial charge on any atom is -0.493 e. The second-order valence-electron chi connectivity index (χ2n) is 6.18. The smallest absolute Gasteiger partial charge is 0.220 e. The molecule has 0 aliphatic carbocycles. The summed E-state index contributed by atoms with van der Waals surface area (Å²) in [6, 6.07) is 15.8. The van der Waals surface area contributed by atoms with Crippen LogP contribution >= 0.6 is 0 Å². The largest absolute Gasteiger partial charge is 0.493 e. The lowest BCUT2D eigenvalue weighted by Gasteiger charge is -2.16. The number of ether oxygens (including phenoxy) is 1. The second kappa shape index (κ2) is 7.97. The number of hydrogen-bond donors (Lipinski definition) is 2. The molecule has 0 bridgehead atoms. The number of nitrogens with one attached hydrogen (secondary N) is 1. The zero-order valence-electron chi connectivity index (χ0n) is 13.7. The van der Waals surface area contributed by atoms with Gasteiger partial charge in [-0.15, -0.1) is 0 Å². The molecule has 4 heteroatoms. The van der Waals surface area contributed by atoms with E-state index in [4.69, 9.17) is 4.74 Å². The monoisotopic (exact) mass is 325 g/mol. The van der Waals surface area contributed by atoms with Crippen molar-refractivity contribution >= 4 is 5.91 Å². The Kier molecular flexibility index (Phi) is 5.49. The van der Waals surface area contributed by atoms with Crippen LogP contribution in [0.15, 0.2) is 48.5 Å². The van der Waals surface area contributed by atoms with E-state index in [1.165, 1.54) is 5.56 Å². The summed E-state index contributed by atoms with van der Waals surface area (Å²) in [5, 5.41) is 12.4. The number of carbonyl (C=O) groups is 1. The zero-order valence-corrected chi connectivity index (χ0v) is 13.7. The van der Waals surface area contributed by atoms with Gasteiger partial charge in [0.05, 0.1) is 19.3 Å². The zero-order chi connectivity index (χ0) is 16.8. The third-order valence-corrected chi connectivity index (χ3v) is 4.31. The standard InChI is InChI=1S/C20H23NO3/c22-14-18(13-15-4-2-1-3-5-15)21-20(23)9-7-16-6-8-19-17(12-16)10-11-24-19/h1-6,8,12,18,22H,7,9-11,13-14H2,(H,21,23). The maximum Gasteiger partial charge on any atom is 0.220 e. The molecule has 0 spiro atoms. The van der Waals surface area contributed by atoms with E-state index in [9.17, 15) is 9.90 Å². The Morgan fingerprint density at radius 1 is 1.17 bits per heavy atom. The predicted molar refractivity (Wildman–Crippen MR) is 93.1 cm³/mol. The molecule has 0 radical (unpaired) electrons. The van der Waals surface area contributed by atoms with Crippen LogP contribution in [-0.4, -0.2) is 30.3 Å². The Bertz CT molecular complexity index is 685. The van der Waals surface area contributed by atoms with Crippen LogP contribution in [0, 0.1) is 0 Å². The molecule has 2 aromatic rings. The molecule has 3 rings (SSSR count). The summed E-state index contributed by atoms with van der Waals surface area (Å²) in [6.07, 6.45) is 2.70. The van der Waals surface area contributed by atoms with Gasteiger partial charge in [0.2, 0.25) is 5.91 Å². The van der Waals surface area contributed by atoms with E-state index < -0.39 is 0 Å². The van der Waals surface area contributed by atoms with Crippen LogP contribution in [0.5, 0.6) is 5.75 Å². The van der Waals surface area contributed by atoms with Gasteiger partial charge in [0, 0.05) is 12.8 Å². The Morgan fingerprint density at radius 3 is 2.79 bits per heavy atom. The predicted octanol–water partition coefficient (Wildman–Crippen LogP) is 2.27. The summed E-state index contributed by atoms with van der Waals surface area (Å²) >= 11 is 0. The second-order valence-corrected chi connectivity index (χ2v) is 6.18. The van der Waals surface area contributed by atoms with Crippen LogP contribution < -0.4 is 10.1 Å². The van der Waals surface area contributed by atoms with E-state index >= 15 is 0 Å². The summed E-state index contributed by atoms with van der Waals surface area (Å²) in [6.45, 7) is 0.688. The number of amides is 1. The maximum atomic E-state index is 12.2. The molecule has 24 heavy (non-hydrogen) atoms. The Balaban J connectivity index is 1.49. The third-order valence-electron chi connectivity index (χ3n) is 4.31. The highest BCUT2D eigenvalue weighted by atomic mass is 16.5. The molecule has 0 saturated carbocycles. The first-order valence-electron chi connectivity index (χ1n) is 8.43. The van der Waals surface area contributed by atoms with Crippen molar-refractivity contribution < 1.29 is 14.6 Å². The summed E-state index contributed by atoms with van der Waals surface area (Å²) in [4.78, 5) is 12.2. The van der Waals surface area contributed by atoms with Crippen LogP contribution in [0.25, 0.3) is 0 Å². The van der Waals surface area contributed by atoms with Crippen molar-refractivity contribution in [3.8, 4) is 5.75 Å². The van der Waals surface area contributed by atoms with Gasteiger partial charge in [0.1, 0.15) is 5.75 Å². The summed E-state index contributed by atoms with van der Waals surface area (Å²) in [5.74, 6) is 0.938. The molecule has 0 saturated heterocycles. The minimum absolute atomic E-state index is 0.0262. The van der Waals surface area contributed by atoms with Crippen molar-refractivity contribution in [2.75, 3.05) is 13.2 Å². The molecule has 1 atom stereocenters. The van der Waals surface area contributed by atoms with Gasteiger partial charge in [-0.05, 0) is 35.6 Å². The molecule has 2 N–H and O–H groups in total. The van der Waals surface area contributed by atoms with Crippen molar-refractivity contribution in [2.45, 2.75) is 31.7 Å². The average molecular weight is 325 g/mol. The molecule has 1 aliphatic heterocycles. The van der Waals surface area contributed by atoms with E-state index in [-0.39, 0.29) is 18.6 Å². The highest BCUT2D eigenvalue weighted by Gasteiger charge is 2.14. The molecule has 1 amide bonds. The lowest BCUT2D eigenvalue weighted by molar-refractivity contribution is -0.122. The van der Waals surface area contributed by atoms with Gasteiger partial charge in [-0.2, -0.15) is 0 Å². The number of fused-ring (bicyclic) bond motifs is 1. The fourth-order valence-corrected chi connectivity index (χ4v) is 3.01. The SMILES string of the molecule is O=C(CCc1ccc2c(c1)CCO2)NC(CO)Cc1ccccc1. The van der Waals surface area contributed by atoms with Gasteiger partial charge < -0.3 is 15.2 Å². The minimum atomic E-state index is -0.242. The van der Waals surface area contributed by atoms with E-state index in [0.717, 1.165) is 29.9 Å². The molecular weight excluding hydrogens is 302 g/mol. The summed E-state index contributed by atoms with van der Waals surface area (Å²) in [7, 11) is 0. The molecule has 1 aliphatic rings. The lowest BCUT2D eigenvalue weighted by Crippen LogP contribution is -2.39. The van der Waals surface area contributed by atoms with Gasteiger partial charge in [0.15, 0.2) is 0 Å². The highest BCUT2D eigenvalue weighted by molar-refractivity contribution is 5.76. The van der Waals surface area contributed by atoms with Gasteiger partial charge in [-0.1, -0.05) is 42.5 Å². The maximum absolute atomic E-state index is 12.2. The normalized spacial score (nSPS) is 13.9. The van der Waals surface area contributed by atoms with E-state index in [1.54, 1.807) is 0 Å². The van der Waals surface area contributed by atoms with Crippen molar-refractivity contribution in [1.29, 1.82) is 0 Å². The van der Waals surface area contributed by atoms with Crippen molar-refractivity contribution in [2.24, 2.45) is 0 Å². The number of carbonyl (C=O) groups excluding carboxylic acids is 1. The lowest BCUT2D eigenvalue weighted by atomic mass is 10.0. The molecular formula is C20H23NO3. The number of aryl methyl sites for hydroxylation is 1. The van der Waals surface area contributed by atoms with Crippen LogP contribution in [-0.2, 0) is 24.1 Å². The molecule has 1 heterocycles. The van der Waals surface area contributed by atoms with Crippen LogP contribution in [0.3, 0.4) is 0 Å². The molecule has 0 aromatic heterocycles. The topological polar surface area (TPSA) is 58.6 Å². The molecule has 1 unspecified atom stereocenters. The fourth-order valence-electron chi connectivity index (χ4n) is 3.01. The Hall–Kier alpha value is -2.33. The number of aliphatic hydroxyl groups is 1. The number of aliphatic hydroxyl groups excluding tert-OH is 1. The summed E-state index contributed by atoms with van der Waals surface area (Å²) in [5.41, 5.74) is 3.48. The first-order chi connectivity index (χ1) is 11.7. The summed E-state index contributed by atoms with van der Waals surface area (Å²) < 4.78 is 5.50. The van der Waals surface area contributed by atoms with Gasteiger partial charge in [-0.3, -0.25) is 4.79 Å². The van der Waals surface area contributed by atoms with Crippen molar-refractivity contribution in [1.82, 2.24) is 5.32 Å². The number of hydrogen-bond acceptors (Lipinski definition) is 3. The average Bonchev–Trinajstić information content (AvgIpc) is 3.08. The van der Waals surface area contributed by atoms with Crippen LogP contribution in [0.4, 0.5) is 0 Å². The quantitative estimate of drug-likeness (QED) is 0.821. The van der Waals surface area contributed by atoms with Gasteiger partial charge >= 0.3 is 0 Å². The van der Waals surface area contributed by atoms with Crippen molar-refractivity contribution in [3.63, 3.8) is 0 Å². The van der Waals surface area contributed by atoms with E-state index in [1.807, 2.05) is 42.5 Å². The van der Waals surface area contributed by atoms with Gasteiger partial charge in [-0.25, -0.2) is 0 Å². The van der Waals surface area contributed by atoms with E-state index in [2.05, 4.69) is 11.4 Å².